The van der Waals surface area contributed by atoms with Crippen molar-refractivity contribution in [2.45, 2.75) is 97.7 Å². The molecule has 0 unspecified atom stereocenters. The summed E-state index contributed by atoms with van der Waals surface area (Å²) in [6.45, 7) is 16.3. The molecular weight excluding hydrogens is 608 g/mol. The van der Waals surface area contributed by atoms with Crippen LogP contribution < -0.4 is 0 Å². The molecule has 9 heteroatoms. The Morgan fingerprint density at radius 2 is 1.58 bits per heavy atom. The van der Waals surface area contributed by atoms with E-state index >= 15 is 0 Å². The quantitative estimate of drug-likeness (QED) is 0.284. The van der Waals surface area contributed by atoms with Crippen molar-refractivity contribution in [1.29, 1.82) is 0 Å². The largest absolute Gasteiger partial charge is 0.394 e. The average molecular weight is 665 g/mol. The average Bonchev–Trinajstić information content (AvgIpc) is 3.04. The third-order valence-electron chi connectivity index (χ3n) is 10.1. The molecule has 9 nitrogen and oxygen atoms in total. The Morgan fingerprint density at radius 3 is 2.17 bits per heavy atom. The molecule has 2 aromatic rings. The standard InChI is InChI=1S/C39H56N2O7/c1-24(2)29-19-25(3)30(36-35(46)34(45)33(44)31(23-42)48-36)21-28(29)20-27-11-9-26(10-12-27)13-14-38(4,5)32(43)22-39(6,7)37(47)41-17-15-40(8)16-18-41/h9-14,19,21,24,31,33-36,42,44-46H,15-18,20,22-23H2,1-8H3/b14-13+/t31-,33-,34+,35-,36+/m1/s1. The molecule has 264 valence electrons. The predicted octanol–water partition coefficient (Wildman–Crippen LogP) is 4.02. The van der Waals surface area contributed by atoms with E-state index in [4.69, 9.17) is 4.74 Å². The lowest BCUT2D eigenvalue weighted by Crippen LogP contribution is -2.55. The fourth-order valence-electron chi connectivity index (χ4n) is 6.66. The fraction of sp³-hybridized carbons (Fsp3) is 0.590. The number of hydrogen-bond donors (Lipinski definition) is 4. The second-order valence-corrected chi connectivity index (χ2v) is 15.4. The molecule has 0 spiro atoms. The highest BCUT2D eigenvalue weighted by Gasteiger charge is 2.44. The summed E-state index contributed by atoms with van der Waals surface area (Å²) in [5.74, 6) is 0.304. The van der Waals surface area contributed by atoms with Gasteiger partial charge >= 0.3 is 0 Å². The first-order valence-corrected chi connectivity index (χ1v) is 17.2. The maximum absolute atomic E-state index is 13.4. The minimum Gasteiger partial charge on any atom is -0.394 e. The lowest BCUT2D eigenvalue weighted by Gasteiger charge is -2.41. The first-order valence-electron chi connectivity index (χ1n) is 17.2. The predicted molar refractivity (Wildman–Crippen MR) is 188 cm³/mol. The van der Waals surface area contributed by atoms with E-state index < -0.39 is 48.0 Å². The molecule has 0 bridgehead atoms. The van der Waals surface area contributed by atoms with Crippen molar-refractivity contribution < 1.29 is 34.8 Å². The summed E-state index contributed by atoms with van der Waals surface area (Å²) in [6, 6.07) is 12.3. The molecule has 2 aliphatic rings. The summed E-state index contributed by atoms with van der Waals surface area (Å²) in [6.07, 6.45) is -1.38. The van der Waals surface area contributed by atoms with Gasteiger partial charge < -0.3 is 35.0 Å². The third kappa shape index (κ3) is 8.62. The van der Waals surface area contributed by atoms with Crippen LogP contribution in [0.1, 0.15) is 93.4 Å². The maximum atomic E-state index is 13.4. The van der Waals surface area contributed by atoms with Gasteiger partial charge in [0.1, 0.15) is 36.3 Å². The number of aliphatic hydroxyl groups excluding tert-OH is 4. The zero-order valence-corrected chi connectivity index (χ0v) is 29.9. The number of aliphatic hydroxyl groups is 4. The number of allylic oxidation sites excluding steroid dienone is 1. The smallest absolute Gasteiger partial charge is 0.228 e. The number of ketones is 1. The number of aryl methyl sites for hydroxylation is 1. The van der Waals surface area contributed by atoms with Crippen LogP contribution in [-0.4, -0.2) is 106 Å². The van der Waals surface area contributed by atoms with E-state index in [9.17, 15) is 30.0 Å². The third-order valence-corrected chi connectivity index (χ3v) is 10.1. The van der Waals surface area contributed by atoms with Crippen LogP contribution in [-0.2, 0) is 20.7 Å². The molecule has 2 aliphatic heterocycles. The van der Waals surface area contributed by atoms with Gasteiger partial charge in [-0.3, -0.25) is 9.59 Å². The number of benzene rings is 2. The number of amides is 1. The minimum atomic E-state index is -1.44. The molecule has 4 rings (SSSR count). The Labute approximate surface area is 286 Å². The number of carbonyl (C=O) groups is 2. The summed E-state index contributed by atoms with van der Waals surface area (Å²) < 4.78 is 5.90. The van der Waals surface area contributed by atoms with Crippen LogP contribution in [0.3, 0.4) is 0 Å². The topological polar surface area (TPSA) is 131 Å². The number of piperazine rings is 1. The van der Waals surface area contributed by atoms with Crippen molar-refractivity contribution in [1.82, 2.24) is 9.80 Å². The summed E-state index contributed by atoms with van der Waals surface area (Å²) in [7, 11) is 2.05. The molecule has 48 heavy (non-hydrogen) atoms. The van der Waals surface area contributed by atoms with Crippen molar-refractivity contribution in [2.75, 3.05) is 39.8 Å². The zero-order chi connectivity index (χ0) is 35.6. The van der Waals surface area contributed by atoms with E-state index in [2.05, 4.69) is 44.0 Å². The summed E-state index contributed by atoms with van der Waals surface area (Å²) >= 11 is 0. The molecule has 5 atom stereocenters. The van der Waals surface area contributed by atoms with Crippen molar-refractivity contribution in [3.63, 3.8) is 0 Å². The Balaban J connectivity index is 1.47. The van der Waals surface area contributed by atoms with E-state index in [0.717, 1.165) is 35.3 Å². The number of rotatable bonds is 11. The summed E-state index contributed by atoms with van der Waals surface area (Å²) in [5.41, 5.74) is 4.37. The molecule has 2 saturated heterocycles. The van der Waals surface area contributed by atoms with Gasteiger partial charge in [-0.2, -0.15) is 0 Å². The van der Waals surface area contributed by atoms with Gasteiger partial charge in [-0.05, 0) is 73.5 Å². The molecule has 2 heterocycles. The lowest BCUT2D eigenvalue weighted by molar-refractivity contribution is -0.231. The molecule has 0 aliphatic carbocycles. The number of likely N-dealkylation sites (N-methyl/N-ethyl adjacent to an activating group) is 1. The Morgan fingerprint density at radius 1 is 0.958 bits per heavy atom. The highest BCUT2D eigenvalue weighted by molar-refractivity contribution is 5.93. The molecule has 2 fully saturated rings. The van der Waals surface area contributed by atoms with Crippen LogP contribution in [0.4, 0.5) is 0 Å². The monoisotopic (exact) mass is 664 g/mol. The van der Waals surface area contributed by atoms with Crippen molar-refractivity contribution in [2.24, 2.45) is 10.8 Å². The zero-order valence-electron chi connectivity index (χ0n) is 29.9. The van der Waals surface area contributed by atoms with Gasteiger partial charge in [-0.15, -0.1) is 0 Å². The second-order valence-electron chi connectivity index (χ2n) is 15.4. The van der Waals surface area contributed by atoms with Gasteiger partial charge in [0.25, 0.3) is 0 Å². The van der Waals surface area contributed by atoms with Gasteiger partial charge in [0.2, 0.25) is 5.91 Å². The van der Waals surface area contributed by atoms with Gasteiger partial charge in [0.05, 0.1) is 12.0 Å². The molecule has 1 amide bonds. The van der Waals surface area contributed by atoms with Crippen LogP contribution in [0.5, 0.6) is 0 Å². The minimum absolute atomic E-state index is 0.0265. The van der Waals surface area contributed by atoms with E-state index in [1.54, 1.807) is 0 Å². The molecule has 0 radical (unpaired) electrons. The van der Waals surface area contributed by atoms with Crippen molar-refractivity contribution in [3.05, 3.63) is 75.9 Å². The van der Waals surface area contributed by atoms with E-state index in [1.165, 1.54) is 5.56 Å². The Bertz CT molecular complexity index is 1460. The van der Waals surface area contributed by atoms with Crippen LogP contribution >= 0.6 is 0 Å². The van der Waals surface area contributed by atoms with E-state index in [1.807, 2.05) is 69.9 Å². The first-order chi connectivity index (χ1) is 22.4. The molecule has 4 N–H and O–H groups in total. The highest BCUT2D eigenvalue weighted by Crippen LogP contribution is 2.37. The van der Waals surface area contributed by atoms with Crippen LogP contribution in [0.2, 0.25) is 0 Å². The number of carbonyl (C=O) groups excluding carboxylic acids is 2. The normalized spacial score (nSPS) is 24.4. The highest BCUT2D eigenvalue weighted by atomic mass is 16.5. The van der Waals surface area contributed by atoms with Crippen LogP contribution in [0.25, 0.3) is 6.08 Å². The SMILES string of the molecule is Cc1cc(C(C)C)c(Cc2ccc(/C=C/C(C)(C)C(=O)CC(C)(C)C(=O)N3CCN(C)CC3)cc2)cc1[C@@H]1O[C@H](CO)[C@@H](O)[C@H](O)[C@H]1O. The number of hydrogen-bond acceptors (Lipinski definition) is 8. The molecule has 0 saturated carbocycles. The van der Waals surface area contributed by atoms with Gasteiger partial charge in [-0.1, -0.05) is 76.2 Å². The number of ether oxygens (including phenoxy) is 1. The van der Waals surface area contributed by atoms with Gasteiger partial charge in [0.15, 0.2) is 0 Å². The van der Waals surface area contributed by atoms with Gasteiger partial charge in [-0.25, -0.2) is 0 Å². The fourth-order valence-corrected chi connectivity index (χ4v) is 6.66. The first kappa shape index (κ1) is 37.9. The lowest BCUT2D eigenvalue weighted by atomic mass is 9.76. The molecule has 0 aromatic heterocycles. The van der Waals surface area contributed by atoms with Crippen LogP contribution in [0.15, 0.2) is 42.5 Å². The van der Waals surface area contributed by atoms with Crippen molar-refractivity contribution >= 4 is 17.8 Å². The van der Waals surface area contributed by atoms with Crippen molar-refractivity contribution in [3.8, 4) is 0 Å². The Kier molecular flexibility index (Phi) is 12.1. The summed E-state index contributed by atoms with van der Waals surface area (Å²) in [4.78, 5) is 30.8. The maximum Gasteiger partial charge on any atom is 0.228 e. The van der Waals surface area contributed by atoms with E-state index in [-0.39, 0.29) is 24.0 Å². The number of Topliss-reactive ketones (excluding diaryl/α,β-unsaturated/α-hetero) is 1. The second kappa shape index (κ2) is 15.3. The Hall–Kier alpha value is -2.92. The van der Waals surface area contributed by atoms with Crippen LogP contribution in [0, 0.1) is 17.8 Å². The summed E-state index contributed by atoms with van der Waals surface area (Å²) in [5, 5.41) is 41.2. The number of nitrogens with zero attached hydrogens (tertiary/aromatic N) is 2. The van der Waals surface area contributed by atoms with E-state index in [0.29, 0.717) is 25.1 Å². The molecule has 2 aromatic carbocycles. The molecular formula is C39H56N2O7. The van der Waals surface area contributed by atoms with Gasteiger partial charge in [0, 0.05) is 38.0 Å².